The van der Waals surface area contributed by atoms with Crippen LogP contribution in [0.4, 0.5) is 10.7 Å². The number of rotatable bonds is 5. The minimum absolute atomic E-state index is 0.0646. The lowest BCUT2D eigenvalue weighted by molar-refractivity contribution is -0.402. The van der Waals surface area contributed by atoms with E-state index in [-0.39, 0.29) is 18.2 Å². The standard InChI is InChI=1S/C8H8ClN3O5/c9-3-4-16-8(13)11-10-5-6-1-2-7(17-6)12(14)15/h1-2,5H,3-4H2,(H,11,13). The zero-order chi connectivity index (χ0) is 12.7. The molecule has 0 saturated heterocycles. The third-order valence-corrected chi connectivity index (χ3v) is 1.60. The topological polar surface area (TPSA) is 107 Å². The van der Waals surface area contributed by atoms with Crippen LogP contribution < -0.4 is 5.43 Å². The van der Waals surface area contributed by atoms with Crippen LogP contribution in [0.5, 0.6) is 0 Å². The summed E-state index contributed by atoms with van der Waals surface area (Å²) < 4.78 is 9.28. The Hall–Kier alpha value is -2.09. The first-order chi connectivity index (χ1) is 8.13. The number of hydrogen-bond acceptors (Lipinski definition) is 6. The number of alkyl halides is 1. The van der Waals surface area contributed by atoms with Crippen LogP contribution in [0.3, 0.4) is 0 Å². The molecule has 0 bridgehead atoms. The average Bonchev–Trinajstić information content (AvgIpc) is 2.75. The van der Waals surface area contributed by atoms with Crippen molar-refractivity contribution >= 4 is 29.8 Å². The van der Waals surface area contributed by atoms with Gasteiger partial charge in [-0.1, -0.05) is 0 Å². The van der Waals surface area contributed by atoms with E-state index in [9.17, 15) is 14.9 Å². The van der Waals surface area contributed by atoms with E-state index >= 15 is 0 Å². The minimum atomic E-state index is -0.775. The van der Waals surface area contributed by atoms with Gasteiger partial charge in [-0.3, -0.25) is 10.1 Å². The van der Waals surface area contributed by atoms with Crippen molar-refractivity contribution in [1.29, 1.82) is 0 Å². The van der Waals surface area contributed by atoms with Crippen molar-refractivity contribution < 1.29 is 18.9 Å². The Kier molecular flexibility index (Phi) is 4.95. The van der Waals surface area contributed by atoms with Crippen LogP contribution in [-0.2, 0) is 4.74 Å². The highest BCUT2D eigenvalue weighted by Crippen LogP contribution is 2.13. The highest BCUT2D eigenvalue weighted by Gasteiger charge is 2.10. The molecule has 0 fully saturated rings. The number of hydrazone groups is 1. The van der Waals surface area contributed by atoms with Gasteiger partial charge < -0.3 is 9.15 Å². The van der Waals surface area contributed by atoms with Crippen LogP contribution in [0.15, 0.2) is 21.7 Å². The summed E-state index contributed by atoms with van der Waals surface area (Å²) in [5.41, 5.74) is 2.02. The number of halogens is 1. The second-order valence-electron chi connectivity index (χ2n) is 2.63. The van der Waals surface area contributed by atoms with E-state index in [2.05, 4.69) is 9.84 Å². The molecule has 1 amide bonds. The predicted octanol–water partition coefficient (Wildman–Crippen LogP) is 1.49. The predicted molar refractivity (Wildman–Crippen MR) is 58.2 cm³/mol. The van der Waals surface area contributed by atoms with Gasteiger partial charge in [0.05, 0.1) is 18.2 Å². The van der Waals surface area contributed by atoms with Crippen molar-refractivity contribution in [2.45, 2.75) is 0 Å². The Labute approximate surface area is 100 Å². The SMILES string of the molecule is O=C(NN=Cc1ccc([N+](=O)[O-])o1)OCCCl. The molecule has 0 aromatic carbocycles. The molecule has 8 nitrogen and oxygen atoms in total. The number of carbonyl (C=O) groups is 1. The van der Waals surface area contributed by atoms with E-state index < -0.39 is 16.9 Å². The van der Waals surface area contributed by atoms with Gasteiger partial charge in [-0.05, 0) is 6.07 Å². The lowest BCUT2D eigenvalue weighted by Crippen LogP contribution is -2.19. The summed E-state index contributed by atoms with van der Waals surface area (Å²) in [5.74, 6) is -0.0906. The van der Waals surface area contributed by atoms with Gasteiger partial charge in [0.1, 0.15) is 11.5 Å². The average molecular weight is 262 g/mol. The van der Waals surface area contributed by atoms with Gasteiger partial charge in [0.25, 0.3) is 0 Å². The minimum Gasteiger partial charge on any atom is -0.447 e. The van der Waals surface area contributed by atoms with Crippen molar-refractivity contribution in [1.82, 2.24) is 5.43 Å². The maximum absolute atomic E-state index is 10.9. The summed E-state index contributed by atoms with van der Waals surface area (Å²) in [4.78, 5) is 20.5. The van der Waals surface area contributed by atoms with Gasteiger partial charge in [-0.25, -0.2) is 10.2 Å². The van der Waals surface area contributed by atoms with Gasteiger partial charge in [0.15, 0.2) is 5.76 Å². The molecule has 0 spiro atoms. The van der Waals surface area contributed by atoms with Gasteiger partial charge >= 0.3 is 12.0 Å². The van der Waals surface area contributed by atoms with E-state index in [0.717, 1.165) is 6.21 Å². The molecule has 0 saturated carbocycles. The fourth-order valence-corrected chi connectivity index (χ4v) is 0.899. The van der Waals surface area contributed by atoms with Crippen LogP contribution in [0.2, 0.25) is 0 Å². The Morgan fingerprint density at radius 1 is 1.71 bits per heavy atom. The summed E-state index contributed by atoms with van der Waals surface area (Å²) in [6.07, 6.45) is 0.331. The van der Waals surface area contributed by atoms with Gasteiger partial charge in [0.2, 0.25) is 0 Å². The fraction of sp³-hybridized carbons (Fsp3) is 0.250. The molecule has 0 radical (unpaired) electrons. The lowest BCUT2D eigenvalue weighted by atomic mass is 10.5. The molecule has 0 atom stereocenters. The van der Waals surface area contributed by atoms with Crippen molar-refractivity contribution in [2.75, 3.05) is 12.5 Å². The molecule has 9 heteroatoms. The van der Waals surface area contributed by atoms with E-state index in [1.54, 1.807) is 0 Å². The summed E-state index contributed by atoms with van der Waals surface area (Å²) in [6, 6.07) is 2.51. The van der Waals surface area contributed by atoms with E-state index in [4.69, 9.17) is 16.0 Å². The monoisotopic (exact) mass is 261 g/mol. The Morgan fingerprint density at radius 3 is 3.06 bits per heavy atom. The Morgan fingerprint density at radius 2 is 2.47 bits per heavy atom. The zero-order valence-electron chi connectivity index (χ0n) is 8.46. The van der Waals surface area contributed by atoms with Crippen LogP contribution in [0.1, 0.15) is 5.76 Å². The largest absolute Gasteiger partial charge is 0.447 e. The maximum Gasteiger partial charge on any atom is 0.433 e. The van der Waals surface area contributed by atoms with Crippen LogP contribution in [0.25, 0.3) is 0 Å². The Balaban J connectivity index is 2.42. The molecule has 1 aromatic rings. The van der Waals surface area contributed by atoms with Crippen molar-refractivity contribution in [3.63, 3.8) is 0 Å². The summed E-state index contributed by atoms with van der Waals surface area (Å²) >= 11 is 5.29. The molecular formula is C8H8ClN3O5. The van der Waals surface area contributed by atoms with Crippen LogP contribution in [0, 0.1) is 10.1 Å². The van der Waals surface area contributed by atoms with E-state index in [0.29, 0.717) is 0 Å². The third kappa shape index (κ3) is 4.51. The molecule has 0 aliphatic rings. The number of nitro groups is 1. The fourth-order valence-electron chi connectivity index (χ4n) is 0.822. The highest BCUT2D eigenvalue weighted by molar-refractivity contribution is 6.18. The number of hydrogen-bond donors (Lipinski definition) is 1. The number of nitrogens with zero attached hydrogens (tertiary/aromatic N) is 2. The van der Waals surface area contributed by atoms with Gasteiger partial charge in [-0.15, -0.1) is 11.6 Å². The van der Waals surface area contributed by atoms with Crippen molar-refractivity contribution in [2.24, 2.45) is 5.10 Å². The van der Waals surface area contributed by atoms with Crippen molar-refractivity contribution in [3.8, 4) is 0 Å². The number of ether oxygens (including phenoxy) is 1. The van der Waals surface area contributed by atoms with Crippen LogP contribution >= 0.6 is 11.6 Å². The van der Waals surface area contributed by atoms with Gasteiger partial charge in [0, 0.05) is 0 Å². The molecule has 1 rings (SSSR count). The zero-order valence-corrected chi connectivity index (χ0v) is 9.22. The molecule has 0 unspecified atom stereocenters. The first-order valence-electron chi connectivity index (χ1n) is 4.39. The summed E-state index contributed by atoms with van der Waals surface area (Å²) in [6.45, 7) is 0.0646. The van der Waals surface area contributed by atoms with E-state index in [1.165, 1.54) is 12.1 Å². The smallest absolute Gasteiger partial charge is 0.433 e. The quantitative estimate of drug-likeness (QED) is 0.374. The van der Waals surface area contributed by atoms with Crippen molar-refractivity contribution in [3.05, 3.63) is 28.0 Å². The molecular weight excluding hydrogens is 254 g/mol. The molecule has 1 N–H and O–H groups in total. The summed E-state index contributed by atoms with van der Waals surface area (Å²) in [7, 11) is 0. The first-order valence-corrected chi connectivity index (χ1v) is 4.93. The number of carbonyl (C=O) groups excluding carboxylic acids is 1. The second-order valence-corrected chi connectivity index (χ2v) is 3.01. The second kappa shape index (κ2) is 6.48. The third-order valence-electron chi connectivity index (χ3n) is 1.45. The molecule has 92 valence electrons. The molecule has 0 aliphatic heterocycles. The van der Waals surface area contributed by atoms with Crippen LogP contribution in [-0.4, -0.2) is 29.7 Å². The Bertz CT molecular complexity index is 431. The number of amides is 1. The molecule has 1 heterocycles. The molecule has 0 aliphatic carbocycles. The van der Waals surface area contributed by atoms with E-state index in [1.807, 2.05) is 5.43 Å². The number of furan rings is 1. The summed E-state index contributed by atoms with van der Waals surface area (Å²) in [5, 5.41) is 13.7. The first kappa shape index (κ1) is 13.0. The van der Waals surface area contributed by atoms with Gasteiger partial charge in [-0.2, -0.15) is 5.10 Å². The normalized spacial score (nSPS) is 10.4. The molecule has 1 aromatic heterocycles. The highest BCUT2D eigenvalue weighted by atomic mass is 35.5. The number of nitrogens with one attached hydrogen (secondary N) is 1. The maximum atomic E-state index is 10.9. The molecule has 17 heavy (non-hydrogen) atoms. The lowest BCUT2D eigenvalue weighted by Gasteiger charge is -1.98.